The first-order valence-corrected chi connectivity index (χ1v) is 8.67. The number of likely N-dealkylation sites (N-methyl/N-ethyl adjacent to an activating group) is 1. The molecule has 1 aliphatic rings. The van der Waals surface area contributed by atoms with Crippen LogP contribution in [0.2, 0.25) is 0 Å². The molecule has 2 amide bonds. The minimum absolute atomic E-state index is 0.0137. The summed E-state index contributed by atoms with van der Waals surface area (Å²) in [5.74, 6) is 0.297. The van der Waals surface area contributed by atoms with E-state index in [2.05, 4.69) is 10.6 Å². The van der Waals surface area contributed by atoms with Gasteiger partial charge in [-0.3, -0.25) is 9.59 Å². The third kappa shape index (κ3) is 4.59. The van der Waals surface area contributed by atoms with E-state index in [4.69, 9.17) is 0 Å². The molecular weight excluding hydrogens is 314 g/mol. The Morgan fingerprint density at radius 1 is 1.00 bits per heavy atom. The molecule has 2 aromatic rings. The fraction of sp³-hybridized carbons (Fsp3) is 0.300. The Morgan fingerprint density at radius 2 is 1.64 bits per heavy atom. The number of amides is 2. The predicted molar refractivity (Wildman–Crippen MR) is 101 cm³/mol. The van der Waals surface area contributed by atoms with Crippen molar-refractivity contribution in [3.05, 3.63) is 54.6 Å². The Hall–Kier alpha value is -2.82. The highest BCUT2D eigenvalue weighted by atomic mass is 16.2. The van der Waals surface area contributed by atoms with Gasteiger partial charge < -0.3 is 15.5 Å². The van der Waals surface area contributed by atoms with Crippen molar-refractivity contribution in [2.24, 2.45) is 5.92 Å². The first-order chi connectivity index (χ1) is 12.2. The smallest absolute Gasteiger partial charge is 0.246 e. The third-order valence-electron chi connectivity index (χ3n) is 4.23. The van der Waals surface area contributed by atoms with Gasteiger partial charge in [0.1, 0.15) is 0 Å². The maximum atomic E-state index is 12.4. The summed E-state index contributed by atoms with van der Waals surface area (Å²) in [4.78, 5) is 25.9. The van der Waals surface area contributed by atoms with Crippen molar-refractivity contribution >= 4 is 28.9 Å². The molecule has 5 heteroatoms. The summed E-state index contributed by atoms with van der Waals surface area (Å²) in [5, 5.41) is 6.04. The molecule has 0 spiro atoms. The highest BCUT2D eigenvalue weighted by molar-refractivity contribution is 5.96. The van der Waals surface area contributed by atoms with Crippen LogP contribution in [0.25, 0.3) is 0 Å². The number of rotatable bonds is 7. The number of hydrogen-bond acceptors (Lipinski definition) is 3. The molecule has 1 aliphatic carbocycles. The minimum atomic E-state index is 0.0137. The summed E-state index contributed by atoms with van der Waals surface area (Å²) in [7, 11) is 0. The van der Waals surface area contributed by atoms with Crippen LogP contribution in [0.15, 0.2) is 54.6 Å². The van der Waals surface area contributed by atoms with E-state index in [-0.39, 0.29) is 24.3 Å². The second kappa shape index (κ2) is 7.83. The summed E-state index contributed by atoms with van der Waals surface area (Å²) in [6.07, 6.45) is 1.98. The molecule has 2 N–H and O–H groups in total. The minimum Gasteiger partial charge on any atom is -0.376 e. The van der Waals surface area contributed by atoms with Crippen molar-refractivity contribution in [3.8, 4) is 0 Å². The maximum absolute atomic E-state index is 12.4. The van der Waals surface area contributed by atoms with Crippen LogP contribution in [0.1, 0.15) is 19.8 Å². The van der Waals surface area contributed by atoms with E-state index >= 15 is 0 Å². The number of benzene rings is 2. The van der Waals surface area contributed by atoms with Crippen molar-refractivity contribution < 1.29 is 9.59 Å². The van der Waals surface area contributed by atoms with Crippen LogP contribution in [0.3, 0.4) is 0 Å². The van der Waals surface area contributed by atoms with Gasteiger partial charge in [0.25, 0.3) is 0 Å². The van der Waals surface area contributed by atoms with Gasteiger partial charge in [0.05, 0.1) is 6.54 Å². The van der Waals surface area contributed by atoms with Crippen molar-refractivity contribution in [1.29, 1.82) is 0 Å². The normalized spacial score (nSPS) is 13.2. The van der Waals surface area contributed by atoms with E-state index in [0.29, 0.717) is 6.54 Å². The van der Waals surface area contributed by atoms with Gasteiger partial charge in [-0.25, -0.2) is 0 Å². The fourth-order valence-electron chi connectivity index (χ4n) is 2.65. The van der Waals surface area contributed by atoms with Gasteiger partial charge in [0.2, 0.25) is 11.8 Å². The molecule has 1 fully saturated rings. The number of carbonyl (C=O) groups excluding carboxylic acids is 2. The first kappa shape index (κ1) is 17.0. The summed E-state index contributed by atoms with van der Waals surface area (Å²) in [6.45, 7) is 2.80. The molecule has 0 unspecified atom stereocenters. The Labute approximate surface area is 148 Å². The van der Waals surface area contributed by atoms with Gasteiger partial charge >= 0.3 is 0 Å². The summed E-state index contributed by atoms with van der Waals surface area (Å²) < 4.78 is 0. The van der Waals surface area contributed by atoms with Crippen LogP contribution in [-0.4, -0.2) is 24.9 Å². The van der Waals surface area contributed by atoms with Gasteiger partial charge in [0.15, 0.2) is 0 Å². The number of nitrogens with zero attached hydrogens (tertiary/aromatic N) is 1. The average Bonchev–Trinajstić information content (AvgIpc) is 3.48. The van der Waals surface area contributed by atoms with Crippen LogP contribution in [-0.2, 0) is 9.59 Å². The molecule has 0 aliphatic heterocycles. The first-order valence-electron chi connectivity index (χ1n) is 8.67. The SMILES string of the molecule is CCN(C(=O)CNc1ccc(NC(=O)C2CC2)cc1)c1ccccc1. The zero-order valence-corrected chi connectivity index (χ0v) is 14.4. The summed E-state index contributed by atoms with van der Waals surface area (Å²) in [5.41, 5.74) is 2.53. The molecule has 25 heavy (non-hydrogen) atoms. The predicted octanol–water partition coefficient (Wildman–Crippen LogP) is 3.50. The van der Waals surface area contributed by atoms with E-state index in [9.17, 15) is 9.59 Å². The molecule has 0 radical (unpaired) electrons. The molecule has 2 aromatic carbocycles. The highest BCUT2D eigenvalue weighted by Crippen LogP contribution is 2.30. The van der Waals surface area contributed by atoms with Gasteiger partial charge in [-0.15, -0.1) is 0 Å². The van der Waals surface area contributed by atoms with Crippen LogP contribution in [0, 0.1) is 5.92 Å². The highest BCUT2D eigenvalue weighted by Gasteiger charge is 2.29. The zero-order chi connectivity index (χ0) is 17.6. The topological polar surface area (TPSA) is 61.4 Å². The van der Waals surface area contributed by atoms with Gasteiger partial charge in [-0.1, -0.05) is 18.2 Å². The Bertz CT molecular complexity index is 724. The quantitative estimate of drug-likeness (QED) is 0.813. The number of para-hydroxylation sites is 1. The average molecular weight is 337 g/mol. The third-order valence-corrected chi connectivity index (χ3v) is 4.23. The Kier molecular flexibility index (Phi) is 5.33. The van der Waals surface area contributed by atoms with Crippen molar-refractivity contribution in [2.45, 2.75) is 19.8 Å². The molecule has 3 rings (SSSR count). The fourth-order valence-corrected chi connectivity index (χ4v) is 2.65. The molecule has 0 saturated heterocycles. The Morgan fingerprint density at radius 3 is 2.24 bits per heavy atom. The molecule has 0 aromatic heterocycles. The second-order valence-corrected chi connectivity index (χ2v) is 6.17. The van der Waals surface area contributed by atoms with Crippen molar-refractivity contribution in [3.63, 3.8) is 0 Å². The monoisotopic (exact) mass is 337 g/mol. The number of carbonyl (C=O) groups is 2. The molecule has 1 saturated carbocycles. The van der Waals surface area contributed by atoms with E-state index in [1.165, 1.54) is 0 Å². The van der Waals surface area contributed by atoms with Crippen molar-refractivity contribution in [2.75, 3.05) is 28.6 Å². The van der Waals surface area contributed by atoms with E-state index in [1.54, 1.807) is 4.90 Å². The lowest BCUT2D eigenvalue weighted by molar-refractivity contribution is -0.117. The summed E-state index contributed by atoms with van der Waals surface area (Å²) in [6, 6.07) is 17.1. The van der Waals surface area contributed by atoms with E-state index in [0.717, 1.165) is 29.9 Å². The molecular formula is C20H23N3O2. The largest absolute Gasteiger partial charge is 0.376 e. The number of hydrogen-bond donors (Lipinski definition) is 2. The lowest BCUT2D eigenvalue weighted by atomic mass is 10.2. The Balaban J connectivity index is 1.53. The molecule has 5 nitrogen and oxygen atoms in total. The van der Waals surface area contributed by atoms with Crippen LogP contribution in [0.4, 0.5) is 17.1 Å². The van der Waals surface area contributed by atoms with Crippen LogP contribution >= 0.6 is 0 Å². The second-order valence-electron chi connectivity index (χ2n) is 6.17. The zero-order valence-electron chi connectivity index (χ0n) is 14.4. The lowest BCUT2D eigenvalue weighted by Crippen LogP contribution is -2.35. The molecule has 0 bridgehead atoms. The molecule has 0 atom stereocenters. The maximum Gasteiger partial charge on any atom is 0.246 e. The number of anilines is 3. The molecule has 130 valence electrons. The van der Waals surface area contributed by atoms with Crippen molar-refractivity contribution in [1.82, 2.24) is 0 Å². The van der Waals surface area contributed by atoms with Crippen LogP contribution in [0.5, 0.6) is 0 Å². The summed E-state index contributed by atoms with van der Waals surface area (Å²) >= 11 is 0. The van der Waals surface area contributed by atoms with E-state index in [1.807, 2.05) is 61.5 Å². The van der Waals surface area contributed by atoms with Gasteiger partial charge in [-0.05, 0) is 56.2 Å². The van der Waals surface area contributed by atoms with Gasteiger partial charge in [0, 0.05) is 29.5 Å². The molecule has 0 heterocycles. The van der Waals surface area contributed by atoms with Gasteiger partial charge in [-0.2, -0.15) is 0 Å². The standard InChI is InChI=1S/C20H23N3O2/c1-2-23(18-6-4-3-5-7-18)19(24)14-21-16-10-12-17(13-11-16)22-20(25)15-8-9-15/h3-7,10-13,15,21H,2,8-9,14H2,1H3,(H,22,25). The van der Waals surface area contributed by atoms with Crippen LogP contribution < -0.4 is 15.5 Å². The lowest BCUT2D eigenvalue weighted by Gasteiger charge is -2.21. The van der Waals surface area contributed by atoms with E-state index < -0.39 is 0 Å². The number of nitrogens with one attached hydrogen (secondary N) is 2.